The molecule has 0 saturated carbocycles. The number of rotatable bonds is 5. The molecular weight excluding hydrogens is 235 g/mol. The standard InChI is InChI=1S/C11H12F3NO2/c1-15-6-5-10(16)8-3-2-4-9(7-8)17-11(12,13)14/h2-4,7,15H,5-6H2,1H3. The highest BCUT2D eigenvalue weighted by molar-refractivity contribution is 5.96. The number of nitrogens with one attached hydrogen (secondary N) is 1. The van der Waals surface area contributed by atoms with Crippen LogP contribution in [0.1, 0.15) is 16.8 Å². The Kier molecular flexibility index (Phi) is 4.51. The zero-order valence-electron chi connectivity index (χ0n) is 9.17. The van der Waals surface area contributed by atoms with Crippen LogP contribution in [-0.4, -0.2) is 25.7 Å². The fraction of sp³-hybridized carbons (Fsp3) is 0.364. The summed E-state index contributed by atoms with van der Waals surface area (Å²) in [5, 5.41) is 2.79. The molecule has 0 bridgehead atoms. The van der Waals surface area contributed by atoms with Crippen molar-refractivity contribution in [2.75, 3.05) is 13.6 Å². The second-order valence-electron chi connectivity index (χ2n) is 3.35. The zero-order chi connectivity index (χ0) is 12.9. The average molecular weight is 247 g/mol. The minimum absolute atomic E-state index is 0.210. The average Bonchev–Trinajstić information content (AvgIpc) is 2.24. The third-order valence-corrected chi connectivity index (χ3v) is 1.99. The summed E-state index contributed by atoms with van der Waals surface area (Å²) >= 11 is 0. The molecule has 0 unspecified atom stereocenters. The van der Waals surface area contributed by atoms with E-state index in [2.05, 4.69) is 10.1 Å². The van der Waals surface area contributed by atoms with Crippen LogP contribution in [0, 0.1) is 0 Å². The van der Waals surface area contributed by atoms with Gasteiger partial charge in [-0.2, -0.15) is 0 Å². The molecule has 1 aromatic carbocycles. The lowest BCUT2D eigenvalue weighted by atomic mass is 10.1. The van der Waals surface area contributed by atoms with E-state index in [1.54, 1.807) is 7.05 Å². The van der Waals surface area contributed by atoms with E-state index in [1.165, 1.54) is 12.1 Å². The first-order valence-electron chi connectivity index (χ1n) is 4.96. The second kappa shape index (κ2) is 5.67. The number of alkyl halides is 3. The maximum absolute atomic E-state index is 12.0. The Morgan fingerprint density at radius 2 is 2.12 bits per heavy atom. The Labute approximate surface area is 96.6 Å². The van der Waals surface area contributed by atoms with Crippen LogP contribution >= 0.6 is 0 Å². The number of Topliss-reactive ketones (excluding diaryl/α,β-unsaturated/α-hetero) is 1. The van der Waals surface area contributed by atoms with E-state index in [4.69, 9.17) is 0 Å². The molecule has 0 heterocycles. The first-order valence-corrected chi connectivity index (χ1v) is 4.96. The highest BCUT2D eigenvalue weighted by atomic mass is 19.4. The normalized spacial score (nSPS) is 11.3. The van der Waals surface area contributed by atoms with Gasteiger partial charge in [0.1, 0.15) is 5.75 Å². The Morgan fingerprint density at radius 3 is 2.71 bits per heavy atom. The van der Waals surface area contributed by atoms with Crippen LogP contribution in [0.3, 0.4) is 0 Å². The van der Waals surface area contributed by atoms with Crippen molar-refractivity contribution in [3.05, 3.63) is 29.8 Å². The van der Waals surface area contributed by atoms with Gasteiger partial charge in [0.2, 0.25) is 0 Å². The van der Waals surface area contributed by atoms with Crippen molar-refractivity contribution in [3.8, 4) is 5.75 Å². The van der Waals surface area contributed by atoms with E-state index in [-0.39, 0.29) is 23.5 Å². The number of ether oxygens (including phenoxy) is 1. The number of hydrogen-bond donors (Lipinski definition) is 1. The Morgan fingerprint density at radius 1 is 1.41 bits per heavy atom. The minimum atomic E-state index is -4.74. The van der Waals surface area contributed by atoms with Crippen LogP contribution in [0.25, 0.3) is 0 Å². The van der Waals surface area contributed by atoms with Gasteiger partial charge < -0.3 is 10.1 Å². The molecule has 1 rings (SSSR count). The maximum atomic E-state index is 12.0. The van der Waals surface area contributed by atoms with Crippen LogP contribution in [0.4, 0.5) is 13.2 Å². The monoisotopic (exact) mass is 247 g/mol. The molecule has 1 N–H and O–H groups in total. The summed E-state index contributed by atoms with van der Waals surface area (Å²) < 4.78 is 39.6. The summed E-state index contributed by atoms with van der Waals surface area (Å²) in [5.41, 5.74) is 0.210. The lowest BCUT2D eigenvalue weighted by molar-refractivity contribution is -0.274. The van der Waals surface area contributed by atoms with Crippen molar-refractivity contribution in [3.63, 3.8) is 0 Å². The van der Waals surface area contributed by atoms with Crippen molar-refractivity contribution >= 4 is 5.78 Å². The van der Waals surface area contributed by atoms with Crippen molar-refractivity contribution < 1.29 is 22.7 Å². The second-order valence-corrected chi connectivity index (χ2v) is 3.35. The van der Waals surface area contributed by atoms with E-state index < -0.39 is 6.36 Å². The van der Waals surface area contributed by atoms with Crippen LogP contribution < -0.4 is 10.1 Å². The van der Waals surface area contributed by atoms with Crippen molar-refractivity contribution in [1.82, 2.24) is 5.32 Å². The summed E-state index contributed by atoms with van der Waals surface area (Å²) in [6.45, 7) is 0.475. The van der Waals surface area contributed by atoms with E-state index in [0.717, 1.165) is 12.1 Å². The Bertz CT molecular complexity index is 391. The minimum Gasteiger partial charge on any atom is -0.406 e. The van der Waals surface area contributed by atoms with Gasteiger partial charge in [0.15, 0.2) is 5.78 Å². The molecule has 0 spiro atoms. The molecule has 1 aromatic rings. The van der Waals surface area contributed by atoms with E-state index >= 15 is 0 Å². The summed E-state index contributed by atoms with van der Waals surface area (Å²) in [6, 6.07) is 5.06. The molecule has 0 aliphatic carbocycles. The van der Waals surface area contributed by atoms with Crippen molar-refractivity contribution in [1.29, 1.82) is 0 Å². The van der Waals surface area contributed by atoms with Gasteiger partial charge in [-0.1, -0.05) is 12.1 Å². The predicted molar refractivity (Wildman–Crippen MR) is 56.0 cm³/mol. The van der Waals surface area contributed by atoms with Gasteiger partial charge in [0, 0.05) is 18.5 Å². The van der Waals surface area contributed by atoms with Crippen LogP contribution in [-0.2, 0) is 0 Å². The van der Waals surface area contributed by atoms with Gasteiger partial charge in [-0.25, -0.2) is 0 Å². The number of hydrogen-bond acceptors (Lipinski definition) is 3. The van der Waals surface area contributed by atoms with Gasteiger partial charge >= 0.3 is 6.36 Å². The molecule has 6 heteroatoms. The topological polar surface area (TPSA) is 38.3 Å². The number of ketones is 1. The van der Waals surface area contributed by atoms with Crippen LogP contribution in [0.15, 0.2) is 24.3 Å². The van der Waals surface area contributed by atoms with E-state index in [9.17, 15) is 18.0 Å². The van der Waals surface area contributed by atoms with Gasteiger partial charge in [-0.05, 0) is 19.2 Å². The smallest absolute Gasteiger partial charge is 0.406 e. The molecule has 0 aromatic heterocycles. The van der Waals surface area contributed by atoms with Crippen LogP contribution in [0.5, 0.6) is 5.75 Å². The third-order valence-electron chi connectivity index (χ3n) is 1.99. The SMILES string of the molecule is CNCCC(=O)c1cccc(OC(F)(F)F)c1. The molecule has 0 aliphatic heterocycles. The van der Waals surface area contributed by atoms with Crippen molar-refractivity contribution in [2.45, 2.75) is 12.8 Å². The summed E-state index contributed by atoms with van der Waals surface area (Å²) in [4.78, 5) is 11.5. The molecule has 0 aliphatic rings. The first kappa shape index (κ1) is 13.5. The largest absolute Gasteiger partial charge is 0.573 e. The summed E-state index contributed by atoms with van der Waals surface area (Å²) in [7, 11) is 1.69. The van der Waals surface area contributed by atoms with Crippen LogP contribution in [0.2, 0.25) is 0 Å². The molecular formula is C11H12F3NO2. The number of carbonyl (C=O) groups excluding carboxylic acids is 1. The Balaban J connectivity index is 2.75. The molecule has 0 saturated heterocycles. The number of carbonyl (C=O) groups is 1. The van der Waals surface area contributed by atoms with Gasteiger partial charge in [0.25, 0.3) is 0 Å². The lowest BCUT2D eigenvalue weighted by Crippen LogP contribution is -2.17. The molecule has 0 atom stereocenters. The van der Waals surface area contributed by atoms with Gasteiger partial charge in [-0.3, -0.25) is 4.79 Å². The fourth-order valence-corrected chi connectivity index (χ4v) is 1.25. The molecule has 94 valence electrons. The lowest BCUT2D eigenvalue weighted by Gasteiger charge is -2.09. The quantitative estimate of drug-likeness (QED) is 0.812. The highest BCUT2D eigenvalue weighted by Gasteiger charge is 2.31. The Hall–Kier alpha value is -1.56. The van der Waals surface area contributed by atoms with Crippen molar-refractivity contribution in [2.24, 2.45) is 0 Å². The molecule has 17 heavy (non-hydrogen) atoms. The molecule has 3 nitrogen and oxygen atoms in total. The van der Waals surface area contributed by atoms with E-state index in [1.807, 2.05) is 0 Å². The first-order chi connectivity index (χ1) is 7.92. The molecule has 0 amide bonds. The highest BCUT2D eigenvalue weighted by Crippen LogP contribution is 2.23. The fourth-order valence-electron chi connectivity index (χ4n) is 1.25. The summed E-state index contributed by atoms with van der Waals surface area (Å²) in [6.07, 6.45) is -4.52. The van der Waals surface area contributed by atoms with Gasteiger partial charge in [0.05, 0.1) is 0 Å². The number of benzene rings is 1. The third kappa shape index (κ3) is 4.86. The van der Waals surface area contributed by atoms with E-state index in [0.29, 0.717) is 6.54 Å². The number of halogens is 3. The molecule has 0 radical (unpaired) electrons. The zero-order valence-corrected chi connectivity index (χ0v) is 9.17. The predicted octanol–water partition coefficient (Wildman–Crippen LogP) is 2.38. The van der Waals surface area contributed by atoms with Gasteiger partial charge in [-0.15, -0.1) is 13.2 Å². The summed E-state index contributed by atoms with van der Waals surface area (Å²) in [5.74, 6) is -0.611. The molecule has 0 fully saturated rings. The maximum Gasteiger partial charge on any atom is 0.573 e.